The fourth-order valence-electron chi connectivity index (χ4n) is 1.78. The molecule has 0 spiro atoms. The summed E-state index contributed by atoms with van der Waals surface area (Å²) in [4.78, 5) is 16.6. The predicted molar refractivity (Wildman–Crippen MR) is 89.4 cm³/mol. The number of amides is 1. The quantitative estimate of drug-likeness (QED) is 0.639. The van der Waals surface area contributed by atoms with E-state index in [0.717, 1.165) is 19.2 Å². The van der Waals surface area contributed by atoms with E-state index in [1.165, 1.54) is 11.3 Å². The lowest BCUT2D eigenvalue weighted by atomic mass is 10.2. The van der Waals surface area contributed by atoms with E-state index in [2.05, 4.69) is 42.2 Å². The highest BCUT2D eigenvalue weighted by atomic mass is 79.9. The maximum Gasteiger partial charge on any atom is 0.257 e. The van der Waals surface area contributed by atoms with Crippen molar-refractivity contribution in [2.45, 2.75) is 0 Å². The summed E-state index contributed by atoms with van der Waals surface area (Å²) in [7, 11) is 0. The monoisotopic (exact) mass is 410 g/mol. The van der Waals surface area contributed by atoms with Crippen LogP contribution in [0.25, 0.3) is 10.2 Å². The molecule has 0 aliphatic rings. The number of nitrogens with one attached hydrogen (secondary N) is 1. The summed E-state index contributed by atoms with van der Waals surface area (Å²) in [5.74, 6) is -0.175. The SMILES string of the molecule is O=C(Nc1nc2ccccc2s1)c1cc(Br)cc(Br)c1. The number of thiazole rings is 1. The molecule has 1 amide bonds. The van der Waals surface area contributed by atoms with Crippen molar-refractivity contribution < 1.29 is 4.79 Å². The molecule has 1 heterocycles. The molecule has 0 bridgehead atoms. The summed E-state index contributed by atoms with van der Waals surface area (Å²) in [6, 6.07) is 13.2. The van der Waals surface area contributed by atoms with Crippen LogP contribution in [0.1, 0.15) is 10.4 Å². The van der Waals surface area contributed by atoms with Crippen molar-refractivity contribution in [3.63, 3.8) is 0 Å². The molecule has 0 aliphatic heterocycles. The fraction of sp³-hybridized carbons (Fsp3) is 0. The van der Waals surface area contributed by atoms with Crippen LogP contribution in [-0.2, 0) is 0 Å². The topological polar surface area (TPSA) is 42.0 Å². The highest BCUT2D eigenvalue weighted by Gasteiger charge is 2.11. The molecular formula is C14H8Br2N2OS. The van der Waals surface area contributed by atoms with Gasteiger partial charge in [0, 0.05) is 14.5 Å². The third kappa shape index (κ3) is 2.92. The first-order valence-corrected chi connectivity index (χ1v) is 8.15. The van der Waals surface area contributed by atoms with Gasteiger partial charge in [0.15, 0.2) is 5.13 Å². The molecule has 3 nitrogen and oxygen atoms in total. The Morgan fingerprint density at radius 1 is 1.10 bits per heavy atom. The molecule has 3 aromatic rings. The number of rotatable bonds is 2. The Labute approximate surface area is 136 Å². The van der Waals surface area contributed by atoms with Gasteiger partial charge < -0.3 is 0 Å². The van der Waals surface area contributed by atoms with Crippen molar-refractivity contribution in [1.82, 2.24) is 4.98 Å². The van der Waals surface area contributed by atoms with Gasteiger partial charge in [-0.25, -0.2) is 4.98 Å². The second-order valence-electron chi connectivity index (χ2n) is 4.10. The smallest absolute Gasteiger partial charge is 0.257 e. The minimum atomic E-state index is -0.175. The summed E-state index contributed by atoms with van der Waals surface area (Å²) < 4.78 is 2.75. The molecule has 0 saturated heterocycles. The number of hydrogen-bond donors (Lipinski definition) is 1. The Balaban J connectivity index is 1.88. The Morgan fingerprint density at radius 2 is 1.80 bits per heavy atom. The summed E-state index contributed by atoms with van der Waals surface area (Å²) in [6.07, 6.45) is 0. The lowest BCUT2D eigenvalue weighted by molar-refractivity contribution is 0.102. The summed E-state index contributed by atoms with van der Waals surface area (Å²) in [6.45, 7) is 0. The molecule has 2 aromatic carbocycles. The van der Waals surface area contributed by atoms with E-state index >= 15 is 0 Å². The minimum absolute atomic E-state index is 0.175. The molecule has 100 valence electrons. The van der Waals surface area contributed by atoms with E-state index in [0.29, 0.717) is 10.7 Å². The van der Waals surface area contributed by atoms with Gasteiger partial charge in [0.25, 0.3) is 5.91 Å². The van der Waals surface area contributed by atoms with Gasteiger partial charge >= 0.3 is 0 Å². The van der Waals surface area contributed by atoms with Gasteiger partial charge in [-0.05, 0) is 30.3 Å². The maximum atomic E-state index is 12.2. The molecule has 0 unspecified atom stereocenters. The van der Waals surface area contributed by atoms with Gasteiger partial charge in [0.05, 0.1) is 10.2 Å². The van der Waals surface area contributed by atoms with Gasteiger partial charge in [0.2, 0.25) is 0 Å². The first-order chi connectivity index (χ1) is 9.61. The van der Waals surface area contributed by atoms with Crippen LogP contribution in [0.15, 0.2) is 51.4 Å². The van der Waals surface area contributed by atoms with Gasteiger partial charge in [0.1, 0.15) is 0 Å². The zero-order valence-corrected chi connectivity index (χ0v) is 14.0. The van der Waals surface area contributed by atoms with Crippen molar-refractivity contribution in [3.05, 3.63) is 57.0 Å². The predicted octanol–water partition coefficient (Wildman–Crippen LogP) is 5.07. The molecule has 0 radical (unpaired) electrons. The van der Waals surface area contributed by atoms with E-state index in [1.54, 1.807) is 12.1 Å². The molecule has 0 aliphatic carbocycles. The number of fused-ring (bicyclic) bond motifs is 1. The van der Waals surface area contributed by atoms with E-state index in [1.807, 2.05) is 30.3 Å². The molecule has 3 rings (SSSR count). The number of halogens is 2. The van der Waals surface area contributed by atoms with Gasteiger partial charge in [-0.1, -0.05) is 55.3 Å². The zero-order valence-electron chi connectivity index (χ0n) is 10.1. The number of para-hydroxylation sites is 1. The van der Waals surface area contributed by atoms with Crippen LogP contribution in [-0.4, -0.2) is 10.9 Å². The van der Waals surface area contributed by atoms with Crippen LogP contribution in [0, 0.1) is 0 Å². The molecular weight excluding hydrogens is 404 g/mol. The van der Waals surface area contributed by atoms with Crippen LogP contribution in [0.3, 0.4) is 0 Å². The Hall–Kier alpha value is -1.24. The second kappa shape index (κ2) is 5.63. The standard InChI is InChI=1S/C14H8Br2N2OS/c15-9-5-8(6-10(16)7-9)13(19)18-14-17-11-3-1-2-4-12(11)20-14/h1-7H,(H,17,18,19). The zero-order chi connectivity index (χ0) is 14.1. The van der Waals surface area contributed by atoms with E-state index in [4.69, 9.17) is 0 Å². The van der Waals surface area contributed by atoms with Gasteiger partial charge in [-0.2, -0.15) is 0 Å². The average Bonchev–Trinajstić information content (AvgIpc) is 2.79. The Bertz CT molecular complexity index is 747. The lowest BCUT2D eigenvalue weighted by Gasteiger charge is -2.03. The molecule has 1 aromatic heterocycles. The largest absolute Gasteiger partial charge is 0.298 e. The third-order valence-electron chi connectivity index (χ3n) is 2.64. The minimum Gasteiger partial charge on any atom is -0.298 e. The fourth-order valence-corrected chi connectivity index (χ4v) is 3.93. The first-order valence-electron chi connectivity index (χ1n) is 5.75. The van der Waals surface area contributed by atoms with Crippen LogP contribution in [0.2, 0.25) is 0 Å². The number of anilines is 1. The molecule has 0 saturated carbocycles. The van der Waals surface area contributed by atoms with Crippen molar-refractivity contribution in [2.75, 3.05) is 5.32 Å². The van der Waals surface area contributed by atoms with Gasteiger partial charge in [-0.3, -0.25) is 10.1 Å². The number of benzene rings is 2. The van der Waals surface area contributed by atoms with Crippen LogP contribution in [0.4, 0.5) is 5.13 Å². The number of aromatic nitrogens is 1. The van der Waals surface area contributed by atoms with Crippen molar-refractivity contribution in [3.8, 4) is 0 Å². The van der Waals surface area contributed by atoms with E-state index in [-0.39, 0.29) is 5.91 Å². The van der Waals surface area contributed by atoms with Gasteiger partial charge in [-0.15, -0.1) is 0 Å². The number of nitrogens with zero attached hydrogens (tertiary/aromatic N) is 1. The molecule has 0 fully saturated rings. The van der Waals surface area contributed by atoms with Crippen LogP contribution in [0.5, 0.6) is 0 Å². The maximum absolute atomic E-state index is 12.2. The third-order valence-corrected chi connectivity index (χ3v) is 4.51. The van der Waals surface area contributed by atoms with E-state index in [9.17, 15) is 4.79 Å². The Kier molecular flexibility index (Phi) is 3.87. The summed E-state index contributed by atoms with van der Waals surface area (Å²) in [5.41, 5.74) is 1.47. The summed E-state index contributed by atoms with van der Waals surface area (Å²) in [5, 5.41) is 3.43. The Morgan fingerprint density at radius 3 is 2.50 bits per heavy atom. The average molecular weight is 412 g/mol. The highest BCUT2D eigenvalue weighted by molar-refractivity contribution is 9.11. The highest BCUT2D eigenvalue weighted by Crippen LogP contribution is 2.26. The lowest BCUT2D eigenvalue weighted by Crippen LogP contribution is -2.11. The molecule has 20 heavy (non-hydrogen) atoms. The second-order valence-corrected chi connectivity index (χ2v) is 6.96. The first kappa shape index (κ1) is 13.7. The van der Waals surface area contributed by atoms with Crippen molar-refractivity contribution in [1.29, 1.82) is 0 Å². The van der Waals surface area contributed by atoms with E-state index < -0.39 is 0 Å². The molecule has 6 heteroatoms. The number of hydrogen-bond acceptors (Lipinski definition) is 3. The molecule has 1 N–H and O–H groups in total. The number of carbonyl (C=O) groups excluding carboxylic acids is 1. The van der Waals surface area contributed by atoms with Crippen molar-refractivity contribution >= 4 is 64.5 Å². The summed E-state index contributed by atoms with van der Waals surface area (Å²) >= 11 is 8.21. The molecule has 0 atom stereocenters. The van der Waals surface area contributed by atoms with Crippen LogP contribution >= 0.6 is 43.2 Å². The number of carbonyl (C=O) groups is 1. The normalized spacial score (nSPS) is 10.7. The van der Waals surface area contributed by atoms with Crippen molar-refractivity contribution in [2.24, 2.45) is 0 Å². The van der Waals surface area contributed by atoms with Crippen LogP contribution < -0.4 is 5.32 Å².